The number of amides is 1. The Hall–Kier alpha value is -2.36. The van der Waals surface area contributed by atoms with Crippen LogP contribution in [0.15, 0.2) is 48.5 Å². The average Bonchev–Trinajstić information content (AvgIpc) is 2.49. The summed E-state index contributed by atoms with van der Waals surface area (Å²) in [4.78, 5) is 14.3. The van der Waals surface area contributed by atoms with E-state index in [-0.39, 0.29) is 18.1 Å². The Morgan fingerprint density at radius 2 is 1.87 bits per heavy atom. The fraction of sp³-hybridized carbons (Fsp3) is 0.316. The molecule has 0 bridgehead atoms. The van der Waals surface area contributed by atoms with E-state index in [1.165, 1.54) is 12.1 Å². The molecule has 122 valence electrons. The number of hydrogen-bond donors (Lipinski definition) is 1. The van der Waals surface area contributed by atoms with Crippen molar-refractivity contribution in [3.05, 3.63) is 59.9 Å². The summed E-state index contributed by atoms with van der Waals surface area (Å²) in [6.07, 6.45) is 0.159. The summed E-state index contributed by atoms with van der Waals surface area (Å²) >= 11 is 0. The minimum atomic E-state index is -0.326. The molecule has 2 rings (SSSR count). The Bertz CT molecular complexity index is 653. The quantitative estimate of drug-likeness (QED) is 0.865. The second-order valence-electron chi connectivity index (χ2n) is 5.78. The Morgan fingerprint density at radius 1 is 1.17 bits per heavy atom. The number of carbonyl (C=O) groups excluding carboxylic acids is 1. The third kappa shape index (κ3) is 4.81. The molecule has 2 aromatic carbocycles. The van der Waals surface area contributed by atoms with E-state index in [4.69, 9.17) is 0 Å². The van der Waals surface area contributed by atoms with Crippen LogP contribution < -0.4 is 10.2 Å². The van der Waals surface area contributed by atoms with E-state index in [0.29, 0.717) is 11.6 Å². The lowest BCUT2D eigenvalue weighted by Gasteiger charge is -2.27. The smallest absolute Gasteiger partial charge is 0.228 e. The van der Waals surface area contributed by atoms with Gasteiger partial charge in [-0.25, -0.2) is 4.39 Å². The summed E-state index contributed by atoms with van der Waals surface area (Å²) < 4.78 is 13.1. The molecule has 0 unspecified atom stereocenters. The van der Waals surface area contributed by atoms with Gasteiger partial charge in [0, 0.05) is 24.0 Å². The average molecular weight is 314 g/mol. The summed E-state index contributed by atoms with van der Waals surface area (Å²) in [5.74, 6) is -0.479. The third-order valence-corrected chi connectivity index (χ3v) is 3.70. The van der Waals surface area contributed by atoms with E-state index in [9.17, 15) is 9.18 Å². The van der Waals surface area contributed by atoms with Crippen LogP contribution in [0, 0.1) is 5.82 Å². The zero-order valence-electron chi connectivity index (χ0n) is 13.8. The van der Waals surface area contributed by atoms with Gasteiger partial charge in [0.1, 0.15) is 5.82 Å². The molecule has 0 atom stereocenters. The van der Waals surface area contributed by atoms with Crippen molar-refractivity contribution >= 4 is 17.3 Å². The van der Waals surface area contributed by atoms with E-state index < -0.39 is 0 Å². The number of hydrogen-bond acceptors (Lipinski definition) is 2. The van der Waals surface area contributed by atoms with Crippen LogP contribution in [0.25, 0.3) is 0 Å². The lowest BCUT2D eigenvalue weighted by molar-refractivity contribution is -0.115. The Labute approximate surface area is 137 Å². The van der Waals surface area contributed by atoms with Crippen LogP contribution in [0.3, 0.4) is 0 Å². The van der Waals surface area contributed by atoms with Crippen molar-refractivity contribution in [1.82, 2.24) is 0 Å². The summed E-state index contributed by atoms with van der Waals surface area (Å²) in [6.45, 7) is 7.36. The van der Waals surface area contributed by atoms with Crippen LogP contribution in [0.5, 0.6) is 0 Å². The molecular weight excluding hydrogens is 291 g/mol. The fourth-order valence-corrected chi connectivity index (χ4v) is 2.62. The zero-order valence-corrected chi connectivity index (χ0v) is 13.8. The van der Waals surface area contributed by atoms with E-state index in [0.717, 1.165) is 17.9 Å². The molecule has 23 heavy (non-hydrogen) atoms. The molecule has 0 aliphatic heterocycles. The predicted molar refractivity (Wildman–Crippen MR) is 93.3 cm³/mol. The van der Waals surface area contributed by atoms with Crippen molar-refractivity contribution in [2.24, 2.45) is 0 Å². The standard InChI is InChI=1S/C19H23FN2O/c1-4-22(14(2)3)18-10-8-17(9-11-18)21-19(23)13-15-6-5-7-16(20)12-15/h5-12,14H,4,13H2,1-3H3,(H,21,23). The second kappa shape index (κ2) is 7.77. The monoisotopic (exact) mass is 314 g/mol. The van der Waals surface area contributed by atoms with Crippen molar-refractivity contribution in [2.75, 3.05) is 16.8 Å². The van der Waals surface area contributed by atoms with Crippen molar-refractivity contribution in [1.29, 1.82) is 0 Å². The van der Waals surface area contributed by atoms with Crippen LogP contribution >= 0.6 is 0 Å². The number of nitrogens with zero attached hydrogens (tertiary/aromatic N) is 1. The molecule has 0 aliphatic rings. The van der Waals surface area contributed by atoms with Gasteiger partial charge in [-0.2, -0.15) is 0 Å². The maximum Gasteiger partial charge on any atom is 0.228 e. The van der Waals surface area contributed by atoms with E-state index in [2.05, 4.69) is 31.0 Å². The minimum absolute atomic E-state index is 0.153. The van der Waals surface area contributed by atoms with Crippen LogP contribution in [0.2, 0.25) is 0 Å². The van der Waals surface area contributed by atoms with Gasteiger partial charge < -0.3 is 10.2 Å². The molecular formula is C19H23FN2O. The lowest BCUT2D eigenvalue weighted by Crippen LogP contribution is -2.30. The highest BCUT2D eigenvalue weighted by Gasteiger charge is 2.09. The van der Waals surface area contributed by atoms with Crippen LogP contribution in [0.4, 0.5) is 15.8 Å². The number of anilines is 2. The van der Waals surface area contributed by atoms with Crippen LogP contribution in [0.1, 0.15) is 26.3 Å². The number of carbonyl (C=O) groups is 1. The zero-order chi connectivity index (χ0) is 16.8. The maximum absolute atomic E-state index is 13.1. The Kier molecular flexibility index (Phi) is 5.74. The Balaban J connectivity index is 1.99. The van der Waals surface area contributed by atoms with Gasteiger partial charge in [-0.3, -0.25) is 4.79 Å². The highest BCUT2D eigenvalue weighted by atomic mass is 19.1. The minimum Gasteiger partial charge on any atom is -0.369 e. The first kappa shape index (κ1) is 17.0. The molecule has 0 heterocycles. The molecule has 0 radical (unpaired) electrons. The fourth-order valence-electron chi connectivity index (χ4n) is 2.62. The normalized spacial score (nSPS) is 10.7. The number of nitrogens with one attached hydrogen (secondary N) is 1. The molecule has 0 saturated heterocycles. The summed E-state index contributed by atoms with van der Waals surface area (Å²) in [7, 11) is 0. The van der Waals surface area contributed by atoms with E-state index >= 15 is 0 Å². The SMILES string of the molecule is CCN(c1ccc(NC(=O)Cc2cccc(F)c2)cc1)C(C)C. The predicted octanol–water partition coefficient (Wildman–Crippen LogP) is 4.24. The van der Waals surface area contributed by atoms with Crippen LogP contribution in [-0.2, 0) is 11.2 Å². The van der Waals surface area contributed by atoms with Gasteiger partial charge in [-0.15, -0.1) is 0 Å². The van der Waals surface area contributed by atoms with Crippen molar-refractivity contribution < 1.29 is 9.18 Å². The molecule has 0 spiro atoms. The highest BCUT2D eigenvalue weighted by Crippen LogP contribution is 2.20. The molecule has 2 aromatic rings. The number of halogens is 1. The molecule has 3 nitrogen and oxygen atoms in total. The second-order valence-corrected chi connectivity index (χ2v) is 5.78. The first-order chi connectivity index (χ1) is 11.0. The number of rotatable bonds is 6. The van der Waals surface area contributed by atoms with Gasteiger partial charge in [0.15, 0.2) is 0 Å². The molecule has 1 amide bonds. The van der Waals surface area contributed by atoms with Gasteiger partial charge >= 0.3 is 0 Å². The first-order valence-electron chi connectivity index (χ1n) is 7.90. The molecule has 0 fully saturated rings. The summed E-state index contributed by atoms with van der Waals surface area (Å²) in [6, 6.07) is 14.3. The molecule has 4 heteroatoms. The molecule has 0 saturated carbocycles. The van der Waals surface area contributed by atoms with Crippen molar-refractivity contribution in [3.8, 4) is 0 Å². The maximum atomic E-state index is 13.1. The van der Waals surface area contributed by atoms with E-state index in [1.807, 2.05) is 24.3 Å². The topological polar surface area (TPSA) is 32.3 Å². The number of benzene rings is 2. The van der Waals surface area contributed by atoms with E-state index in [1.54, 1.807) is 12.1 Å². The molecule has 1 N–H and O–H groups in total. The van der Waals surface area contributed by atoms with Crippen molar-refractivity contribution in [2.45, 2.75) is 33.2 Å². The van der Waals surface area contributed by atoms with Gasteiger partial charge in [0.2, 0.25) is 5.91 Å². The largest absolute Gasteiger partial charge is 0.369 e. The van der Waals surface area contributed by atoms with Gasteiger partial charge in [0.25, 0.3) is 0 Å². The van der Waals surface area contributed by atoms with Gasteiger partial charge in [-0.1, -0.05) is 12.1 Å². The van der Waals surface area contributed by atoms with Crippen LogP contribution in [-0.4, -0.2) is 18.5 Å². The lowest BCUT2D eigenvalue weighted by atomic mass is 10.1. The molecule has 0 aliphatic carbocycles. The summed E-state index contributed by atoms with van der Waals surface area (Å²) in [5.41, 5.74) is 2.54. The third-order valence-electron chi connectivity index (χ3n) is 3.70. The van der Waals surface area contributed by atoms with Gasteiger partial charge in [0.05, 0.1) is 6.42 Å². The Morgan fingerprint density at radius 3 is 2.43 bits per heavy atom. The molecule has 0 aromatic heterocycles. The summed E-state index contributed by atoms with van der Waals surface area (Å²) in [5, 5.41) is 2.84. The highest BCUT2D eigenvalue weighted by molar-refractivity contribution is 5.92. The van der Waals surface area contributed by atoms with Gasteiger partial charge in [-0.05, 0) is 62.7 Å². The first-order valence-corrected chi connectivity index (χ1v) is 7.90. The van der Waals surface area contributed by atoms with Crippen molar-refractivity contribution in [3.63, 3.8) is 0 Å².